The average molecular weight is 711 g/mol. The topological polar surface area (TPSA) is 153 Å². The van der Waals surface area contributed by atoms with E-state index in [9.17, 15) is 55.5 Å². The maximum atomic E-state index is 15.8. The van der Waals surface area contributed by atoms with E-state index in [1.807, 2.05) is 0 Å². The molecule has 0 aliphatic carbocycles. The number of anilines is 2. The Bertz CT molecular complexity index is 1740. The van der Waals surface area contributed by atoms with Crippen molar-refractivity contribution in [2.24, 2.45) is 0 Å². The van der Waals surface area contributed by atoms with E-state index in [0.29, 0.717) is 17.0 Å². The summed E-state index contributed by atoms with van der Waals surface area (Å²) in [7, 11) is 1.22. The predicted octanol–water partition coefficient (Wildman–Crippen LogP) is 7.62. The highest BCUT2D eigenvalue weighted by molar-refractivity contribution is 5.95. The summed E-state index contributed by atoms with van der Waals surface area (Å²) < 4.78 is 124. The number of hydrogen-bond acceptors (Lipinski definition) is 9. The Kier molecular flexibility index (Phi) is 11.1. The van der Waals surface area contributed by atoms with Crippen LogP contribution < -0.4 is 14.8 Å². The van der Waals surface area contributed by atoms with Crippen molar-refractivity contribution in [2.45, 2.75) is 51.9 Å². The summed E-state index contributed by atoms with van der Waals surface area (Å²) in [6.07, 6.45) is -12.4. The van der Waals surface area contributed by atoms with Crippen LogP contribution in [0, 0.1) is 21.7 Å². The number of rotatable bonds is 11. The first-order chi connectivity index (χ1) is 22.5. The number of nitro groups is 1. The standard InChI is InChI=1S/C29H26F8N4O8/c1-27(2,3)49-26(44)40(10-9-19-21(41(45)46)6-8-23(39-19)47-4)13-15-18(5-7-22(24(15)31)48-29(35,36)37)38-20-12-16(28(32,33)34)17(30)11-14(20)25(42)43/h5-8,11-12,38H,9-10,13H2,1-4H3,(H,42,43). The number of alkyl halides is 6. The van der Waals surface area contributed by atoms with E-state index in [1.54, 1.807) is 0 Å². The van der Waals surface area contributed by atoms with Crippen LogP contribution in [-0.4, -0.2) is 57.6 Å². The summed E-state index contributed by atoms with van der Waals surface area (Å²) in [4.78, 5) is 40.5. The van der Waals surface area contributed by atoms with E-state index in [2.05, 4.69) is 15.0 Å². The number of aromatic nitrogens is 1. The fourth-order valence-corrected chi connectivity index (χ4v) is 4.22. The number of hydrogen-bond donors (Lipinski definition) is 2. The number of benzene rings is 2. The molecule has 12 nitrogen and oxygen atoms in total. The van der Waals surface area contributed by atoms with Gasteiger partial charge >= 0.3 is 24.6 Å². The first-order valence-corrected chi connectivity index (χ1v) is 13.6. The zero-order chi connectivity index (χ0) is 37.1. The molecule has 0 radical (unpaired) electrons. The van der Waals surface area contributed by atoms with Gasteiger partial charge in [0.15, 0.2) is 11.6 Å². The minimum atomic E-state index is -5.44. The van der Waals surface area contributed by atoms with Crippen LogP contribution in [-0.2, 0) is 23.9 Å². The van der Waals surface area contributed by atoms with Gasteiger partial charge in [-0.1, -0.05) is 0 Å². The molecule has 0 aliphatic heterocycles. The van der Waals surface area contributed by atoms with Crippen molar-refractivity contribution in [3.05, 3.63) is 80.5 Å². The highest BCUT2D eigenvalue weighted by Crippen LogP contribution is 2.38. The normalized spacial score (nSPS) is 11.9. The van der Waals surface area contributed by atoms with E-state index >= 15 is 4.39 Å². The van der Waals surface area contributed by atoms with E-state index in [4.69, 9.17) is 9.47 Å². The monoisotopic (exact) mass is 710 g/mol. The second-order valence-corrected chi connectivity index (χ2v) is 11.0. The number of carbonyl (C=O) groups is 2. The van der Waals surface area contributed by atoms with Crippen LogP contribution in [0.3, 0.4) is 0 Å². The number of methoxy groups -OCH3 is 1. The number of carbonyl (C=O) groups excluding carboxylic acids is 1. The van der Waals surface area contributed by atoms with Crippen LogP contribution in [0.25, 0.3) is 0 Å². The van der Waals surface area contributed by atoms with Crippen molar-refractivity contribution < 1.29 is 69.0 Å². The maximum absolute atomic E-state index is 15.8. The van der Waals surface area contributed by atoms with Gasteiger partial charge in [0.1, 0.15) is 17.1 Å². The third-order valence-electron chi connectivity index (χ3n) is 6.30. The van der Waals surface area contributed by atoms with Crippen LogP contribution >= 0.6 is 0 Å². The first-order valence-electron chi connectivity index (χ1n) is 13.6. The van der Waals surface area contributed by atoms with E-state index in [-0.39, 0.29) is 23.7 Å². The highest BCUT2D eigenvalue weighted by atomic mass is 19.4. The van der Waals surface area contributed by atoms with Crippen LogP contribution in [0.15, 0.2) is 36.4 Å². The lowest BCUT2D eigenvalue weighted by Crippen LogP contribution is -2.38. The molecular formula is C29H26F8N4O8. The van der Waals surface area contributed by atoms with Gasteiger partial charge in [0.25, 0.3) is 5.69 Å². The van der Waals surface area contributed by atoms with Crippen molar-refractivity contribution in [2.75, 3.05) is 19.0 Å². The van der Waals surface area contributed by atoms with Gasteiger partial charge in [-0.3, -0.25) is 10.1 Å². The lowest BCUT2D eigenvalue weighted by Gasteiger charge is -2.28. The quantitative estimate of drug-likeness (QED) is 0.115. The Balaban J connectivity index is 2.20. The van der Waals surface area contributed by atoms with E-state index in [1.165, 1.54) is 33.9 Å². The van der Waals surface area contributed by atoms with E-state index < -0.39 is 106 Å². The van der Waals surface area contributed by atoms with Gasteiger partial charge in [-0.25, -0.2) is 23.4 Å². The van der Waals surface area contributed by atoms with E-state index in [0.717, 1.165) is 6.07 Å². The number of aromatic carboxylic acids is 1. The smallest absolute Gasteiger partial charge is 0.481 e. The lowest BCUT2D eigenvalue weighted by molar-refractivity contribution is -0.386. The summed E-state index contributed by atoms with van der Waals surface area (Å²) in [5.41, 5.74) is -7.49. The number of halogens is 8. The molecule has 3 aromatic rings. The number of pyridine rings is 1. The largest absolute Gasteiger partial charge is 0.573 e. The Labute approximate surface area is 271 Å². The molecule has 1 amide bonds. The van der Waals surface area contributed by atoms with Crippen LogP contribution in [0.4, 0.5) is 57.0 Å². The molecule has 1 heterocycles. The summed E-state index contributed by atoms with van der Waals surface area (Å²) >= 11 is 0. The van der Waals surface area contributed by atoms with Crippen molar-refractivity contribution in [3.8, 4) is 11.6 Å². The number of carboxylic acids is 1. The molecule has 20 heteroatoms. The van der Waals surface area contributed by atoms with Gasteiger partial charge in [-0.2, -0.15) is 13.2 Å². The minimum absolute atomic E-state index is 0.0334. The first kappa shape index (κ1) is 38.0. The van der Waals surface area contributed by atoms with Crippen molar-refractivity contribution in [1.29, 1.82) is 0 Å². The zero-order valence-electron chi connectivity index (χ0n) is 25.8. The SMILES string of the molecule is COc1ccc([N+](=O)[O-])c(CCN(Cc2c(Nc3cc(C(F)(F)F)c(F)cc3C(=O)O)ccc(OC(F)(F)F)c2F)C(=O)OC(C)(C)C)n1. The lowest BCUT2D eigenvalue weighted by atomic mass is 10.1. The Hall–Kier alpha value is -5.43. The number of amides is 1. The van der Waals surface area contributed by atoms with Crippen LogP contribution in [0.2, 0.25) is 0 Å². The molecule has 3 rings (SSSR count). The fraction of sp³-hybridized carbons (Fsp3) is 0.345. The molecule has 2 aromatic carbocycles. The minimum Gasteiger partial charge on any atom is -0.481 e. The molecule has 49 heavy (non-hydrogen) atoms. The highest BCUT2D eigenvalue weighted by Gasteiger charge is 2.37. The average Bonchev–Trinajstić information content (AvgIpc) is 2.96. The second kappa shape index (κ2) is 14.4. The third kappa shape index (κ3) is 10.0. The number of nitrogens with one attached hydrogen (secondary N) is 1. The summed E-state index contributed by atoms with van der Waals surface area (Å²) in [6, 6.07) is 3.42. The zero-order valence-corrected chi connectivity index (χ0v) is 25.8. The molecule has 0 bridgehead atoms. The molecule has 266 valence electrons. The van der Waals surface area contributed by atoms with Gasteiger partial charge in [-0.05, 0) is 45.0 Å². The van der Waals surface area contributed by atoms with Gasteiger partial charge in [0.2, 0.25) is 5.88 Å². The number of carboxylic acid groups (broad SMARTS) is 1. The van der Waals surface area contributed by atoms with Crippen LogP contribution in [0.1, 0.15) is 48.0 Å². The fourth-order valence-electron chi connectivity index (χ4n) is 4.22. The molecule has 0 saturated heterocycles. The van der Waals surface area contributed by atoms with Gasteiger partial charge in [0, 0.05) is 36.3 Å². The molecule has 0 spiro atoms. The summed E-state index contributed by atoms with van der Waals surface area (Å²) in [5.74, 6) is -7.21. The van der Waals surface area contributed by atoms with Crippen LogP contribution in [0.5, 0.6) is 11.6 Å². The summed E-state index contributed by atoms with van der Waals surface area (Å²) in [6.45, 7) is 2.69. The predicted molar refractivity (Wildman–Crippen MR) is 153 cm³/mol. The second-order valence-electron chi connectivity index (χ2n) is 11.0. The molecule has 2 N–H and O–H groups in total. The molecule has 0 unspecified atom stereocenters. The molecule has 0 fully saturated rings. The summed E-state index contributed by atoms with van der Waals surface area (Å²) in [5, 5.41) is 23.3. The number of ether oxygens (including phenoxy) is 3. The van der Waals surface area contributed by atoms with Crippen molar-refractivity contribution >= 4 is 29.1 Å². The molecule has 0 saturated carbocycles. The molecule has 0 atom stereocenters. The molecule has 0 aliphatic rings. The van der Waals surface area contributed by atoms with Gasteiger partial charge in [0.05, 0.1) is 35.4 Å². The third-order valence-corrected chi connectivity index (χ3v) is 6.30. The maximum Gasteiger partial charge on any atom is 0.573 e. The Morgan fingerprint density at radius 2 is 1.67 bits per heavy atom. The Morgan fingerprint density at radius 3 is 2.20 bits per heavy atom. The van der Waals surface area contributed by atoms with Crippen molar-refractivity contribution in [1.82, 2.24) is 9.88 Å². The molecular weight excluding hydrogens is 684 g/mol. The Morgan fingerprint density at radius 1 is 1.02 bits per heavy atom. The van der Waals surface area contributed by atoms with Gasteiger partial charge < -0.3 is 29.5 Å². The van der Waals surface area contributed by atoms with Crippen molar-refractivity contribution in [3.63, 3.8) is 0 Å². The molecule has 1 aromatic heterocycles. The van der Waals surface area contributed by atoms with Gasteiger partial charge in [-0.15, -0.1) is 13.2 Å². The number of nitrogens with zero attached hydrogens (tertiary/aromatic N) is 3.